The van der Waals surface area contributed by atoms with Gasteiger partial charge in [0.1, 0.15) is 11.5 Å². The lowest BCUT2D eigenvalue weighted by Gasteiger charge is -2.33. The minimum absolute atomic E-state index is 0.737. The van der Waals surface area contributed by atoms with Crippen LogP contribution in [-0.4, -0.2) is 40.9 Å². The molecule has 4 heteroatoms. The van der Waals surface area contributed by atoms with Gasteiger partial charge in [0.25, 0.3) is 0 Å². The van der Waals surface area contributed by atoms with E-state index in [1.807, 2.05) is 12.1 Å². The van der Waals surface area contributed by atoms with Gasteiger partial charge in [0.05, 0.1) is 19.9 Å². The van der Waals surface area contributed by atoms with Crippen LogP contribution in [0.4, 0.5) is 5.69 Å². The Labute approximate surface area is 109 Å². The van der Waals surface area contributed by atoms with Crippen molar-refractivity contribution in [1.29, 1.82) is 0 Å². The van der Waals surface area contributed by atoms with Crippen LogP contribution in [0.2, 0.25) is 0 Å². The highest BCUT2D eigenvalue weighted by Gasteiger charge is 2.21. The Bertz CT molecular complexity index is 417. The van der Waals surface area contributed by atoms with Gasteiger partial charge in [0, 0.05) is 38.7 Å². The van der Waals surface area contributed by atoms with Crippen molar-refractivity contribution in [3.8, 4) is 11.5 Å². The molecule has 0 atom stereocenters. The lowest BCUT2D eigenvalue weighted by atomic mass is 10.0. The molecule has 0 aliphatic carbocycles. The van der Waals surface area contributed by atoms with Crippen molar-refractivity contribution in [2.24, 2.45) is 5.92 Å². The Hall–Kier alpha value is -1.42. The monoisotopic (exact) mass is 250 g/mol. The van der Waals surface area contributed by atoms with Crippen LogP contribution in [0.5, 0.6) is 11.5 Å². The molecule has 4 nitrogen and oxygen atoms in total. The van der Waals surface area contributed by atoms with E-state index in [0.717, 1.165) is 42.7 Å². The van der Waals surface area contributed by atoms with E-state index < -0.39 is 0 Å². The summed E-state index contributed by atoms with van der Waals surface area (Å²) in [5.74, 6) is 2.45. The van der Waals surface area contributed by atoms with E-state index in [9.17, 15) is 0 Å². The molecule has 1 heterocycles. The molecule has 1 aromatic rings. The number of rotatable bonds is 5. The van der Waals surface area contributed by atoms with E-state index in [-0.39, 0.29) is 0 Å². The second kappa shape index (κ2) is 5.48. The van der Waals surface area contributed by atoms with Crippen molar-refractivity contribution in [2.45, 2.75) is 6.92 Å². The molecule has 0 unspecified atom stereocenters. The first-order valence-electron chi connectivity index (χ1n) is 6.30. The number of ether oxygens (including phenoxy) is 2. The molecule has 1 N–H and O–H groups in total. The van der Waals surface area contributed by atoms with E-state index in [0.29, 0.717) is 0 Å². The Morgan fingerprint density at radius 2 is 2.00 bits per heavy atom. The first-order valence-corrected chi connectivity index (χ1v) is 6.30. The molecule has 1 aliphatic rings. The van der Waals surface area contributed by atoms with Crippen LogP contribution < -0.4 is 19.7 Å². The van der Waals surface area contributed by atoms with Crippen LogP contribution in [0.3, 0.4) is 0 Å². The summed E-state index contributed by atoms with van der Waals surface area (Å²) >= 11 is 0. The van der Waals surface area contributed by atoms with Gasteiger partial charge in [-0.25, -0.2) is 0 Å². The zero-order valence-electron chi connectivity index (χ0n) is 11.6. The quantitative estimate of drug-likeness (QED) is 0.862. The zero-order chi connectivity index (χ0) is 13.1. The van der Waals surface area contributed by atoms with Crippen molar-refractivity contribution in [2.75, 3.05) is 45.8 Å². The third-order valence-corrected chi connectivity index (χ3v) is 3.47. The molecule has 1 aliphatic heterocycles. The predicted octanol–water partition coefficient (Wildman–Crippen LogP) is 1.67. The summed E-state index contributed by atoms with van der Waals surface area (Å²) in [4.78, 5) is 2.28. The smallest absolute Gasteiger partial charge is 0.146 e. The van der Waals surface area contributed by atoms with Gasteiger partial charge in [0.15, 0.2) is 0 Å². The number of hydrogen-bond acceptors (Lipinski definition) is 4. The molecule has 18 heavy (non-hydrogen) atoms. The molecular weight excluding hydrogens is 228 g/mol. The summed E-state index contributed by atoms with van der Waals surface area (Å²) < 4.78 is 10.8. The third-order valence-electron chi connectivity index (χ3n) is 3.47. The normalized spacial score (nSPS) is 15.1. The number of aryl methyl sites for hydroxylation is 1. The largest absolute Gasteiger partial charge is 0.497 e. The van der Waals surface area contributed by atoms with Crippen molar-refractivity contribution in [1.82, 2.24) is 5.32 Å². The minimum atomic E-state index is 0.737. The van der Waals surface area contributed by atoms with E-state index in [4.69, 9.17) is 9.47 Å². The van der Waals surface area contributed by atoms with Gasteiger partial charge in [-0.2, -0.15) is 0 Å². The molecule has 1 saturated heterocycles. The Morgan fingerprint density at radius 1 is 1.28 bits per heavy atom. The summed E-state index contributed by atoms with van der Waals surface area (Å²) in [5.41, 5.74) is 2.34. The molecule has 0 spiro atoms. The summed E-state index contributed by atoms with van der Waals surface area (Å²) in [6.45, 7) is 5.37. The maximum Gasteiger partial charge on any atom is 0.146 e. The van der Waals surface area contributed by atoms with Crippen LogP contribution in [0.25, 0.3) is 0 Å². The molecule has 0 saturated carbocycles. The maximum atomic E-state index is 5.49. The fourth-order valence-corrected chi connectivity index (χ4v) is 2.43. The first kappa shape index (κ1) is 13.0. The minimum Gasteiger partial charge on any atom is -0.497 e. The Balaban J connectivity index is 2.23. The molecule has 0 amide bonds. The van der Waals surface area contributed by atoms with Crippen molar-refractivity contribution in [3.63, 3.8) is 0 Å². The second-order valence-corrected chi connectivity index (χ2v) is 4.90. The van der Waals surface area contributed by atoms with Crippen LogP contribution in [0.1, 0.15) is 5.56 Å². The highest BCUT2D eigenvalue weighted by Crippen LogP contribution is 2.35. The molecular formula is C14H22N2O2. The van der Waals surface area contributed by atoms with Gasteiger partial charge < -0.3 is 19.7 Å². The molecule has 100 valence electrons. The van der Waals surface area contributed by atoms with Crippen LogP contribution >= 0.6 is 0 Å². The average Bonchev–Trinajstić information content (AvgIpc) is 2.32. The summed E-state index contributed by atoms with van der Waals surface area (Å²) in [7, 11) is 5.50. The molecule has 1 aromatic carbocycles. The van der Waals surface area contributed by atoms with Gasteiger partial charge in [-0.15, -0.1) is 0 Å². The van der Waals surface area contributed by atoms with Crippen molar-refractivity contribution < 1.29 is 9.47 Å². The molecule has 0 radical (unpaired) electrons. The van der Waals surface area contributed by atoms with E-state index in [1.165, 1.54) is 5.56 Å². The highest BCUT2D eigenvalue weighted by atomic mass is 16.5. The maximum absolute atomic E-state index is 5.49. The van der Waals surface area contributed by atoms with Gasteiger partial charge in [0.2, 0.25) is 0 Å². The van der Waals surface area contributed by atoms with Gasteiger partial charge in [-0.05, 0) is 18.6 Å². The standard InChI is InChI=1S/C14H22N2O2/c1-10-5-12(17-3)6-13(18-4)14(10)16(2)9-11-7-15-8-11/h5-6,11,15H,7-9H2,1-4H3. The summed E-state index contributed by atoms with van der Waals surface area (Å²) in [5, 5.41) is 3.30. The number of nitrogens with zero attached hydrogens (tertiary/aromatic N) is 1. The predicted molar refractivity (Wildman–Crippen MR) is 73.9 cm³/mol. The van der Waals surface area contributed by atoms with Gasteiger partial charge >= 0.3 is 0 Å². The van der Waals surface area contributed by atoms with Crippen molar-refractivity contribution in [3.05, 3.63) is 17.7 Å². The lowest BCUT2D eigenvalue weighted by molar-refractivity contribution is 0.350. The summed E-state index contributed by atoms with van der Waals surface area (Å²) in [6, 6.07) is 3.99. The van der Waals surface area contributed by atoms with E-state index in [2.05, 4.69) is 24.2 Å². The van der Waals surface area contributed by atoms with Gasteiger partial charge in [-0.3, -0.25) is 0 Å². The second-order valence-electron chi connectivity index (χ2n) is 4.90. The number of anilines is 1. The molecule has 1 fully saturated rings. The molecule has 0 bridgehead atoms. The lowest BCUT2D eigenvalue weighted by Crippen LogP contribution is -2.47. The average molecular weight is 250 g/mol. The SMILES string of the molecule is COc1cc(C)c(N(C)CC2CNC2)c(OC)c1. The van der Waals surface area contributed by atoms with Crippen molar-refractivity contribution >= 4 is 5.69 Å². The Morgan fingerprint density at radius 3 is 2.50 bits per heavy atom. The first-order chi connectivity index (χ1) is 8.65. The van der Waals surface area contributed by atoms with Crippen LogP contribution in [0.15, 0.2) is 12.1 Å². The number of nitrogens with one attached hydrogen (secondary N) is 1. The summed E-state index contributed by atoms with van der Waals surface area (Å²) in [6.07, 6.45) is 0. The number of methoxy groups -OCH3 is 2. The topological polar surface area (TPSA) is 33.7 Å². The zero-order valence-corrected chi connectivity index (χ0v) is 11.6. The van der Waals surface area contributed by atoms with E-state index >= 15 is 0 Å². The number of benzene rings is 1. The third kappa shape index (κ3) is 2.53. The Kier molecular flexibility index (Phi) is 3.97. The fraction of sp³-hybridized carbons (Fsp3) is 0.571. The molecule has 2 rings (SSSR count). The van der Waals surface area contributed by atoms with Crippen LogP contribution in [-0.2, 0) is 0 Å². The molecule has 0 aromatic heterocycles. The van der Waals surface area contributed by atoms with Gasteiger partial charge in [-0.1, -0.05) is 0 Å². The van der Waals surface area contributed by atoms with E-state index in [1.54, 1.807) is 14.2 Å². The highest BCUT2D eigenvalue weighted by molar-refractivity contribution is 5.65. The van der Waals surface area contributed by atoms with Crippen LogP contribution in [0, 0.1) is 12.8 Å². The number of hydrogen-bond donors (Lipinski definition) is 1. The fourth-order valence-electron chi connectivity index (χ4n) is 2.43.